The van der Waals surface area contributed by atoms with Crippen LogP contribution in [0.25, 0.3) is 11.4 Å². The van der Waals surface area contributed by atoms with Crippen molar-refractivity contribution in [3.63, 3.8) is 0 Å². The van der Waals surface area contributed by atoms with E-state index in [1.165, 1.54) is 11.3 Å². The summed E-state index contributed by atoms with van der Waals surface area (Å²) in [5.74, 6) is 1.58. The van der Waals surface area contributed by atoms with Gasteiger partial charge < -0.3 is 4.74 Å². The summed E-state index contributed by atoms with van der Waals surface area (Å²) in [4.78, 5) is 2.23. The Bertz CT molecular complexity index is 1600. The van der Waals surface area contributed by atoms with Crippen LogP contribution < -0.4 is 14.2 Å². The highest BCUT2D eigenvalue weighted by Gasteiger charge is 2.37. The highest BCUT2D eigenvalue weighted by atomic mass is 16.5. The predicted molar refractivity (Wildman–Crippen MR) is 148 cm³/mol. The summed E-state index contributed by atoms with van der Waals surface area (Å²) in [7, 11) is 2.12. The first-order valence-electron chi connectivity index (χ1n) is 12.5. The fourth-order valence-corrected chi connectivity index (χ4v) is 4.78. The van der Waals surface area contributed by atoms with Gasteiger partial charge >= 0.3 is 0 Å². The van der Waals surface area contributed by atoms with E-state index in [0.29, 0.717) is 0 Å². The van der Waals surface area contributed by atoms with E-state index in [4.69, 9.17) is 4.74 Å². The van der Waals surface area contributed by atoms with Gasteiger partial charge in [0, 0.05) is 17.7 Å². The average molecular weight is 487 g/mol. The van der Waals surface area contributed by atoms with Crippen LogP contribution in [0.5, 0.6) is 11.5 Å². The van der Waals surface area contributed by atoms with Crippen molar-refractivity contribution in [2.45, 2.75) is 19.4 Å². The van der Waals surface area contributed by atoms with Crippen LogP contribution in [0.4, 0.5) is 11.4 Å². The summed E-state index contributed by atoms with van der Waals surface area (Å²) in [6.45, 7) is 4.50. The van der Waals surface area contributed by atoms with Crippen molar-refractivity contribution in [3.8, 4) is 22.9 Å². The van der Waals surface area contributed by atoms with Gasteiger partial charge in [0.2, 0.25) is 6.34 Å². The highest BCUT2D eigenvalue weighted by molar-refractivity contribution is 5.90. The molecular formula is C32H30N4O+2. The van der Waals surface area contributed by atoms with E-state index in [9.17, 15) is 0 Å². The molecule has 5 aromatic rings. The summed E-state index contributed by atoms with van der Waals surface area (Å²) in [6.07, 6.45) is 8.33. The zero-order chi connectivity index (χ0) is 25.4. The van der Waals surface area contributed by atoms with Crippen LogP contribution in [0.3, 0.4) is 0 Å². The number of benzene rings is 4. The lowest BCUT2D eigenvalue weighted by Gasteiger charge is -2.33. The minimum atomic E-state index is -0.0846. The third-order valence-corrected chi connectivity index (χ3v) is 7.13. The third-order valence-electron chi connectivity index (χ3n) is 7.13. The second-order valence-electron chi connectivity index (χ2n) is 9.83. The first-order valence-corrected chi connectivity index (χ1v) is 12.5. The second-order valence-corrected chi connectivity index (χ2v) is 9.83. The normalized spacial score (nSPS) is 14.1. The quantitative estimate of drug-likeness (QED) is 0.261. The number of hydrogen-bond donors (Lipinski definition) is 0. The number of rotatable bonds is 5. The molecule has 0 atom stereocenters. The maximum Gasteiger partial charge on any atom is 0.254 e. The van der Waals surface area contributed by atoms with E-state index < -0.39 is 0 Å². The van der Waals surface area contributed by atoms with Gasteiger partial charge in [-0.2, -0.15) is 4.90 Å². The van der Waals surface area contributed by atoms with E-state index in [2.05, 4.69) is 119 Å². The molecule has 0 saturated carbocycles. The van der Waals surface area contributed by atoms with Crippen molar-refractivity contribution in [3.05, 3.63) is 127 Å². The first kappa shape index (κ1) is 22.8. The number of fused-ring (bicyclic) bond motifs is 1. The number of anilines is 2. The van der Waals surface area contributed by atoms with Crippen LogP contribution >= 0.6 is 0 Å². The second kappa shape index (κ2) is 9.10. The smallest absolute Gasteiger partial charge is 0.254 e. The van der Waals surface area contributed by atoms with Crippen LogP contribution in [0, 0.1) is 0 Å². The molecule has 5 heteroatoms. The van der Waals surface area contributed by atoms with Crippen molar-refractivity contribution in [1.29, 1.82) is 0 Å². The van der Waals surface area contributed by atoms with Crippen molar-refractivity contribution in [1.82, 2.24) is 4.57 Å². The summed E-state index contributed by atoms with van der Waals surface area (Å²) in [6, 6.07) is 35.3. The summed E-state index contributed by atoms with van der Waals surface area (Å²) in [5.41, 5.74) is 5.60. The van der Waals surface area contributed by atoms with Crippen LogP contribution in [-0.2, 0) is 5.54 Å². The Morgan fingerprint density at radius 1 is 0.730 bits per heavy atom. The molecule has 1 aliphatic heterocycles. The Hall–Kier alpha value is -4.64. The van der Waals surface area contributed by atoms with E-state index in [1.807, 2.05) is 48.7 Å². The van der Waals surface area contributed by atoms with Gasteiger partial charge in [-0.3, -0.25) is 4.58 Å². The number of hydrogen-bond acceptors (Lipinski definition) is 2. The molecule has 5 nitrogen and oxygen atoms in total. The Balaban J connectivity index is 1.28. The number of imidazole rings is 1. The molecule has 0 fully saturated rings. The zero-order valence-corrected chi connectivity index (χ0v) is 21.3. The molecule has 2 heterocycles. The van der Waals surface area contributed by atoms with Gasteiger partial charge in [-0.05, 0) is 56.3 Å². The Morgan fingerprint density at radius 2 is 1.41 bits per heavy atom. The molecule has 0 spiro atoms. The molecule has 0 saturated heterocycles. The molecule has 4 aromatic carbocycles. The van der Waals surface area contributed by atoms with Crippen molar-refractivity contribution in [2.24, 2.45) is 0 Å². The van der Waals surface area contributed by atoms with Crippen LogP contribution in [-0.4, -0.2) is 22.5 Å². The molecule has 1 aromatic heterocycles. The Morgan fingerprint density at radius 3 is 2.19 bits per heavy atom. The predicted octanol–water partition coefficient (Wildman–Crippen LogP) is 6.60. The van der Waals surface area contributed by atoms with Gasteiger partial charge in [-0.25, -0.2) is 9.13 Å². The van der Waals surface area contributed by atoms with Crippen molar-refractivity contribution in [2.75, 3.05) is 11.9 Å². The molecule has 0 bridgehead atoms. The lowest BCUT2D eigenvalue weighted by molar-refractivity contribution is -0.594. The van der Waals surface area contributed by atoms with Crippen LogP contribution in [0.2, 0.25) is 0 Å². The topological polar surface area (TPSA) is 24.3 Å². The maximum absolute atomic E-state index is 6.34. The minimum Gasteiger partial charge on any atom is -0.457 e. The number of ether oxygens (including phenoxy) is 1. The van der Waals surface area contributed by atoms with Crippen molar-refractivity contribution >= 4 is 17.7 Å². The zero-order valence-electron chi connectivity index (χ0n) is 21.3. The molecule has 0 N–H and O–H groups in total. The molecular weight excluding hydrogens is 456 g/mol. The van der Waals surface area contributed by atoms with E-state index >= 15 is 0 Å². The van der Waals surface area contributed by atoms with Gasteiger partial charge in [0.05, 0.1) is 7.05 Å². The molecule has 0 amide bonds. The highest BCUT2D eigenvalue weighted by Crippen LogP contribution is 2.39. The first-order chi connectivity index (χ1) is 18.0. The minimum absolute atomic E-state index is 0.0846. The van der Waals surface area contributed by atoms with Crippen molar-refractivity contribution < 1.29 is 13.9 Å². The molecule has 37 heavy (non-hydrogen) atoms. The number of nitrogens with zero attached hydrogens (tertiary/aromatic N) is 4. The average Bonchev–Trinajstić information content (AvgIpc) is 3.42. The van der Waals surface area contributed by atoms with Gasteiger partial charge in [-0.1, -0.05) is 48.5 Å². The van der Waals surface area contributed by atoms with E-state index in [-0.39, 0.29) is 5.54 Å². The number of para-hydroxylation sites is 2. The van der Waals surface area contributed by atoms with Gasteiger partial charge in [0.25, 0.3) is 6.33 Å². The Kier molecular flexibility index (Phi) is 5.61. The lowest BCUT2D eigenvalue weighted by atomic mass is 9.90. The molecule has 182 valence electrons. The van der Waals surface area contributed by atoms with Crippen LogP contribution in [0.15, 0.2) is 122 Å². The fourth-order valence-electron chi connectivity index (χ4n) is 4.78. The molecule has 0 aliphatic carbocycles. The third kappa shape index (κ3) is 4.29. The van der Waals surface area contributed by atoms with Gasteiger partial charge in [0.1, 0.15) is 52.2 Å². The standard InChI is InChI=1S/C32H30N4O/c1-32(2)30-17-7-8-18-31(30)36(23-33(32)3)27-14-10-16-29(22-27)37-28-15-9-13-26(21-28)35-20-19-34(24-35)25-11-5-4-6-12-25/h4-24H,1-3H3/q+2. The SMILES string of the molecule is C[N+]1=CN(c2cccc(Oc3cccc(-n4cc[n+](-c5ccccc5)c4)c3)c2)c2ccccc2C1(C)C. The lowest BCUT2D eigenvalue weighted by Crippen LogP contribution is -2.41. The van der Waals surface area contributed by atoms with Gasteiger partial charge in [0.15, 0.2) is 0 Å². The number of aromatic nitrogens is 2. The largest absolute Gasteiger partial charge is 0.457 e. The van der Waals surface area contributed by atoms with Crippen LogP contribution in [0.1, 0.15) is 19.4 Å². The van der Waals surface area contributed by atoms with Gasteiger partial charge in [-0.15, -0.1) is 0 Å². The summed E-state index contributed by atoms with van der Waals surface area (Å²) >= 11 is 0. The molecule has 0 unspecified atom stereocenters. The summed E-state index contributed by atoms with van der Waals surface area (Å²) < 4.78 is 12.8. The fraction of sp³-hybridized carbons (Fsp3) is 0.125. The molecule has 1 aliphatic rings. The Labute approximate surface area is 217 Å². The van der Waals surface area contributed by atoms with E-state index in [1.54, 1.807) is 0 Å². The molecule has 6 rings (SSSR count). The van der Waals surface area contributed by atoms with E-state index in [0.717, 1.165) is 28.6 Å². The summed E-state index contributed by atoms with van der Waals surface area (Å²) in [5, 5.41) is 0. The molecule has 0 radical (unpaired) electrons. The monoisotopic (exact) mass is 486 g/mol. The maximum atomic E-state index is 6.34.